The SMILES string of the molecule is C=CC(=O)N1CCC[C@H]1c1nc(-c2cccc(C(=O)Nc3cccc(-c4cnco4)c3)c2)c2c(N)nccn12. The van der Waals surface area contributed by atoms with E-state index in [9.17, 15) is 9.59 Å². The fraction of sp³-hybridized carbons (Fsp3) is 0.138. The molecule has 3 aromatic heterocycles. The first-order valence-corrected chi connectivity index (χ1v) is 12.5. The zero-order valence-corrected chi connectivity index (χ0v) is 20.9. The minimum absolute atomic E-state index is 0.135. The smallest absolute Gasteiger partial charge is 0.255 e. The molecule has 1 fully saturated rings. The Morgan fingerprint density at radius 1 is 1.15 bits per heavy atom. The number of hydrogen-bond donors (Lipinski definition) is 2. The number of aromatic nitrogens is 4. The second kappa shape index (κ2) is 9.90. The number of nitrogens with two attached hydrogens (primary N) is 1. The largest absolute Gasteiger partial charge is 0.444 e. The summed E-state index contributed by atoms with van der Waals surface area (Å²) in [6.07, 6.45) is 9.35. The molecule has 2 aromatic carbocycles. The highest BCUT2D eigenvalue weighted by Gasteiger charge is 2.33. The molecule has 10 heteroatoms. The summed E-state index contributed by atoms with van der Waals surface area (Å²) in [7, 11) is 0. The lowest BCUT2D eigenvalue weighted by molar-refractivity contribution is -0.127. The van der Waals surface area contributed by atoms with Crippen LogP contribution in [0.25, 0.3) is 28.1 Å². The molecule has 10 nitrogen and oxygen atoms in total. The van der Waals surface area contributed by atoms with Crippen molar-refractivity contribution in [1.82, 2.24) is 24.3 Å². The minimum Gasteiger partial charge on any atom is -0.444 e. The van der Waals surface area contributed by atoms with E-state index in [0.717, 1.165) is 18.4 Å². The van der Waals surface area contributed by atoms with E-state index in [4.69, 9.17) is 15.1 Å². The number of nitrogens with zero attached hydrogens (tertiary/aromatic N) is 5. The number of hydrogen-bond acceptors (Lipinski definition) is 7. The van der Waals surface area contributed by atoms with Gasteiger partial charge in [0.1, 0.15) is 22.9 Å². The number of oxazole rings is 1. The lowest BCUT2D eigenvalue weighted by Crippen LogP contribution is -2.29. The monoisotopic (exact) mass is 519 g/mol. The number of nitrogens with one attached hydrogen (secondary N) is 1. The molecule has 0 bridgehead atoms. The Hall–Kier alpha value is -5.25. The fourth-order valence-electron chi connectivity index (χ4n) is 5.06. The third-order valence-electron chi connectivity index (χ3n) is 6.85. The summed E-state index contributed by atoms with van der Waals surface area (Å²) < 4.78 is 7.25. The van der Waals surface area contributed by atoms with Crippen molar-refractivity contribution in [3.63, 3.8) is 0 Å². The average Bonchev–Trinajstić information content (AvgIpc) is 3.73. The molecule has 0 unspecified atom stereocenters. The summed E-state index contributed by atoms with van der Waals surface area (Å²) in [6.45, 7) is 4.28. The van der Waals surface area contributed by atoms with Gasteiger partial charge in [0.15, 0.2) is 12.2 Å². The van der Waals surface area contributed by atoms with Crippen LogP contribution in [-0.2, 0) is 4.79 Å². The van der Waals surface area contributed by atoms with Gasteiger partial charge in [0, 0.05) is 41.3 Å². The Bertz CT molecular complexity index is 1710. The van der Waals surface area contributed by atoms with Gasteiger partial charge in [-0.1, -0.05) is 30.8 Å². The zero-order valence-electron chi connectivity index (χ0n) is 20.9. The third kappa shape index (κ3) is 4.42. The number of rotatable bonds is 6. The van der Waals surface area contributed by atoms with Crippen LogP contribution in [0.5, 0.6) is 0 Å². The summed E-state index contributed by atoms with van der Waals surface area (Å²) >= 11 is 0. The van der Waals surface area contributed by atoms with E-state index in [0.29, 0.717) is 52.0 Å². The molecule has 39 heavy (non-hydrogen) atoms. The maximum Gasteiger partial charge on any atom is 0.255 e. The van der Waals surface area contributed by atoms with Crippen LogP contribution in [0.15, 0.2) is 90.6 Å². The molecule has 1 atom stereocenters. The van der Waals surface area contributed by atoms with Crippen LogP contribution in [0.2, 0.25) is 0 Å². The lowest BCUT2D eigenvalue weighted by Gasteiger charge is -2.22. The van der Waals surface area contributed by atoms with E-state index >= 15 is 0 Å². The molecular formula is C29H25N7O3. The molecule has 0 radical (unpaired) electrons. The Kier molecular flexibility index (Phi) is 6.12. The number of carbonyl (C=O) groups is 2. The van der Waals surface area contributed by atoms with Crippen LogP contribution in [0.4, 0.5) is 11.5 Å². The van der Waals surface area contributed by atoms with E-state index in [1.807, 2.05) is 28.7 Å². The molecule has 4 heterocycles. The number of nitrogen functional groups attached to an aromatic ring is 1. The molecule has 194 valence electrons. The van der Waals surface area contributed by atoms with Crippen molar-refractivity contribution in [2.24, 2.45) is 0 Å². The predicted molar refractivity (Wildman–Crippen MR) is 147 cm³/mol. The second-order valence-electron chi connectivity index (χ2n) is 9.22. The molecular weight excluding hydrogens is 494 g/mol. The average molecular weight is 520 g/mol. The minimum atomic E-state index is -0.278. The maximum absolute atomic E-state index is 13.2. The molecule has 0 spiro atoms. The number of amides is 2. The van der Waals surface area contributed by atoms with Crippen molar-refractivity contribution in [2.75, 3.05) is 17.6 Å². The summed E-state index contributed by atoms with van der Waals surface area (Å²) in [5, 5.41) is 2.95. The fourth-order valence-corrected chi connectivity index (χ4v) is 5.06. The summed E-state index contributed by atoms with van der Waals surface area (Å²) in [5.74, 6) is 1.20. The Morgan fingerprint density at radius 2 is 2.00 bits per heavy atom. The molecule has 3 N–H and O–H groups in total. The molecule has 1 saturated heterocycles. The number of anilines is 2. The van der Waals surface area contributed by atoms with Crippen molar-refractivity contribution in [3.05, 3.63) is 97.6 Å². The highest BCUT2D eigenvalue weighted by Crippen LogP contribution is 2.36. The van der Waals surface area contributed by atoms with Crippen LogP contribution < -0.4 is 11.1 Å². The topological polar surface area (TPSA) is 132 Å². The zero-order chi connectivity index (χ0) is 26.9. The Balaban J connectivity index is 1.35. The molecule has 1 aliphatic heterocycles. The van der Waals surface area contributed by atoms with Gasteiger partial charge in [0.25, 0.3) is 5.91 Å². The van der Waals surface area contributed by atoms with Gasteiger partial charge >= 0.3 is 0 Å². The second-order valence-corrected chi connectivity index (χ2v) is 9.22. The first-order chi connectivity index (χ1) is 19.0. The van der Waals surface area contributed by atoms with Crippen molar-refractivity contribution < 1.29 is 14.0 Å². The molecule has 0 saturated carbocycles. The quantitative estimate of drug-likeness (QED) is 0.310. The summed E-state index contributed by atoms with van der Waals surface area (Å²) in [4.78, 5) is 40.7. The van der Waals surface area contributed by atoms with Crippen LogP contribution in [0.3, 0.4) is 0 Å². The Labute approximate surface area is 223 Å². The molecule has 0 aliphatic carbocycles. The van der Waals surface area contributed by atoms with Gasteiger partial charge < -0.3 is 20.4 Å². The highest BCUT2D eigenvalue weighted by molar-refractivity contribution is 6.05. The van der Waals surface area contributed by atoms with E-state index in [2.05, 4.69) is 21.9 Å². The van der Waals surface area contributed by atoms with E-state index in [-0.39, 0.29) is 17.9 Å². The molecule has 6 rings (SSSR count). The van der Waals surface area contributed by atoms with Gasteiger partial charge in [-0.05, 0) is 43.2 Å². The van der Waals surface area contributed by atoms with Gasteiger partial charge in [0.2, 0.25) is 5.91 Å². The molecule has 1 aliphatic rings. The van der Waals surface area contributed by atoms with Crippen LogP contribution in [0, 0.1) is 0 Å². The van der Waals surface area contributed by atoms with Crippen molar-refractivity contribution in [3.8, 4) is 22.6 Å². The van der Waals surface area contributed by atoms with Crippen LogP contribution >= 0.6 is 0 Å². The van der Waals surface area contributed by atoms with Gasteiger partial charge in [0.05, 0.1) is 12.2 Å². The van der Waals surface area contributed by atoms with Crippen molar-refractivity contribution in [2.45, 2.75) is 18.9 Å². The summed E-state index contributed by atoms with van der Waals surface area (Å²) in [6, 6.07) is 14.3. The van der Waals surface area contributed by atoms with Gasteiger partial charge in [-0.25, -0.2) is 15.0 Å². The number of imidazole rings is 1. The number of benzene rings is 2. The third-order valence-corrected chi connectivity index (χ3v) is 6.85. The molecule has 2 amide bonds. The highest BCUT2D eigenvalue weighted by atomic mass is 16.3. The first-order valence-electron chi connectivity index (χ1n) is 12.5. The van der Waals surface area contributed by atoms with E-state index in [1.165, 1.54) is 12.5 Å². The van der Waals surface area contributed by atoms with Gasteiger partial charge in [-0.3, -0.25) is 14.0 Å². The van der Waals surface area contributed by atoms with E-state index in [1.54, 1.807) is 47.8 Å². The maximum atomic E-state index is 13.2. The van der Waals surface area contributed by atoms with Crippen molar-refractivity contribution in [1.29, 1.82) is 0 Å². The summed E-state index contributed by atoms with van der Waals surface area (Å²) in [5.41, 5.74) is 10.1. The molecule has 5 aromatic rings. The predicted octanol–water partition coefficient (Wildman–Crippen LogP) is 4.74. The number of fused-ring (bicyclic) bond motifs is 1. The van der Waals surface area contributed by atoms with Crippen LogP contribution in [0.1, 0.15) is 35.1 Å². The van der Waals surface area contributed by atoms with E-state index < -0.39 is 0 Å². The lowest BCUT2D eigenvalue weighted by atomic mass is 10.1. The normalized spacial score (nSPS) is 15.0. The standard InChI is InChI=1S/C29H25N7O3/c1-2-24(37)35-12-5-10-22(35)28-34-25(26-27(30)32-11-13-36(26)28)19-7-3-8-20(14-19)29(38)33-21-9-4-6-18(15-21)23-16-31-17-39-23/h2-4,6-9,11,13-17,22H,1,5,10,12H2,(H2,30,32)(H,33,38)/t22-/m0/s1. The Morgan fingerprint density at radius 3 is 2.82 bits per heavy atom. The number of likely N-dealkylation sites (tertiary alicyclic amines) is 1. The van der Waals surface area contributed by atoms with Gasteiger partial charge in [-0.15, -0.1) is 0 Å². The van der Waals surface area contributed by atoms with Crippen LogP contribution in [-0.4, -0.2) is 42.6 Å². The van der Waals surface area contributed by atoms with Crippen molar-refractivity contribution >= 4 is 28.8 Å². The first kappa shape index (κ1) is 24.1. The van der Waals surface area contributed by atoms with Gasteiger partial charge in [-0.2, -0.15) is 0 Å². The number of carbonyl (C=O) groups excluding carboxylic acids is 2.